The van der Waals surface area contributed by atoms with Crippen molar-refractivity contribution in [1.82, 2.24) is 9.47 Å². The molecule has 1 aromatic heterocycles. The monoisotopic (exact) mass is 466 g/mol. The van der Waals surface area contributed by atoms with Crippen LogP contribution in [0.25, 0.3) is 22.2 Å². The van der Waals surface area contributed by atoms with Gasteiger partial charge in [-0.25, -0.2) is 0 Å². The molecule has 0 unspecified atom stereocenters. The summed E-state index contributed by atoms with van der Waals surface area (Å²) in [6.07, 6.45) is 6.09. The highest BCUT2D eigenvalue weighted by Crippen LogP contribution is 2.41. The standard InChI is InChI=1S/C31H34N2O2/c1-6-18-32(19-7-1)20-8-21-34-25-15-13-24(14-16-25)23-33-29-11-4-2-9-26(29)27-17-22-35-30-12-5-3-10-28(30)31(27)33/h2-5,9-16H,1,6-8,17-23H2. The van der Waals surface area contributed by atoms with Gasteiger partial charge < -0.3 is 18.9 Å². The van der Waals surface area contributed by atoms with Crippen molar-refractivity contribution in [2.75, 3.05) is 32.8 Å². The maximum Gasteiger partial charge on any atom is 0.128 e. The molecule has 0 radical (unpaired) electrons. The molecule has 3 heterocycles. The fourth-order valence-electron chi connectivity index (χ4n) is 5.69. The van der Waals surface area contributed by atoms with Crippen LogP contribution in [0.4, 0.5) is 0 Å². The van der Waals surface area contributed by atoms with Gasteiger partial charge in [0.1, 0.15) is 11.5 Å². The van der Waals surface area contributed by atoms with Crippen molar-refractivity contribution in [3.63, 3.8) is 0 Å². The van der Waals surface area contributed by atoms with E-state index in [4.69, 9.17) is 9.47 Å². The predicted octanol–water partition coefficient (Wildman–Crippen LogP) is 6.55. The summed E-state index contributed by atoms with van der Waals surface area (Å²) in [7, 11) is 0. The van der Waals surface area contributed by atoms with Gasteiger partial charge in [0.05, 0.1) is 18.9 Å². The van der Waals surface area contributed by atoms with Gasteiger partial charge in [-0.1, -0.05) is 48.9 Å². The quantitative estimate of drug-likeness (QED) is 0.289. The Bertz CT molecular complexity index is 1290. The Morgan fingerprint density at radius 2 is 1.63 bits per heavy atom. The number of hydrogen-bond donors (Lipinski definition) is 0. The maximum absolute atomic E-state index is 6.11. The normalized spacial score (nSPS) is 15.8. The van der Waals surface area contributed by atoms with Gasteiger partial charge in [-0.2, -0.15) is 0 Å². The van der Waals surface area contributed by atoms with E-state index in [-0.39, 0.29) is 0 Å². The Balaban J connectivity index is 1.21. The Kier molecular flexibility index (Phi) is 6.46. The van der Waals surface area contributed by atoms with Crippen LogP contribution in [0.5, 0.6) is 11.5 Å². The van der Waals surface area contributed by atoms with Crippen LogP contribution in [0, 0.1) is 0 Å². The van der Waals surface area contributed by atoms with E-state index in [0.717, 1.165) is 44.0 Å². The van der Waals surface area contributed by atoms with Crippen LogP contribution in [0.2, 0.25) is 0 Å². The summed E-state index contributed by atoms with van der Waals surface area (Å²) in [5, 5.41) is 1.33. The summed E-state index contributed by atoms with van der Waals surface area (Å²) in [5.74, 6) is 1.94. The molecule has 0 amide bonds. The van der Waals surface area contributed by atoms with Gasteiger partial charge in [-0.3, -0.25) is 0 Å². The molecule has 2 aliphatic heterocycles. The zero-order valence-corrected chi connectivity index (χ0v) is 20.4. The molecular formula is C31H34N2O2. The molecule has 4 nitrogen and oxygen atoms in total. The van der Waals surface area contributed by atoms with Crippen molar-refractivity contribution in [1.29, 1.82) is 0 Å². The van der Waals surface area contributed by atoms with Crippen molar-refractivity contribution in [3.8, 4) is 22.8 Å². The zero-order chi connectivity index (χ0) is 23.5. The number of likely N-dealkylation sites (tertiary alicyclic amines) is 1. The first-order chi connectivity index (χ1) is 17.4. The molecular weight excluding hydrogens is 432 g/mol. The highest BCUT2D eigenvalue weighted by molar-refractivity contribution is 5.93. The molecule has 3 aromatic carbocycles. The first-order valence-electron chi connectivity index (χ1n) is 13.1. The third kappa shape index (κ3) is 4.68. The second-order valence-electron chi connectivity index (χ2n) is 9.77. The molecule has 1 saturated heterocycles. The number of aromatic nitrogens is 1. The SMILES string of the molecule is c1ccc2c(c1)OCCc1c-2n(Cc2ccc(OCCCN3CCCCC3)cc2)c2ccccc12. The van der Waals surface area contributed by atoms with Crippen molar-refractivity contribution < 1.29 is 9.47 Å². The van der Waals surface area contributed by atoms with E-state index in [1.54, 1.807) is 0 Å². The number of ether oxygens (including phenoxy) is 2. The van der Waals surface area contributed by atoms with Crippen molar-refractivity contribution in [2.24, 2.45) is 0 Å². The van der Waals surface area contributed by atoms with Crippen molar-refractivity contribution >= 4 is 10.9 Å². The van der Waals surface area contributed by atoms with Crippen LogP contribution < -0.4 is 9.47 Å². The van der Waals surface area contributed by atoms with E-state index >= 15 is 0 Å². The van der Waals surface area contributed by atoms with E-state index in [9.17, 15) is 0 Å². The first kappa shape index (κ1) is 22.2. The fraction of sp³-hybridized carbons (Fsp3) is 0.355. The van der Waals surface area contributed by atoms with Crippen LogP contribution >= 0.6 is 0 Å². The minimum Gasteiger partial charge on any atom is -0.494 e. The van der Waals surface area contributed by atoms with Crippen LogP contribution in [0.3, 0.4) is 0 Å². The number of piperidine rings is 1. The lowest BCUT2D eigenvalue weighted by Crippen LogP contribution is -2.31. The number of benzene rings is 3. The molecule has 35 heavy (non-hydrogen) atoms. The van der Waals surface area contributed by atoms with Crippen molar-refractivity contribution in [2.45, 2.75) is 38.6 Å². The predicted molar refractivity (Wildman–Crippen MR) is 143 cm³/mol. The lowest BCUT2D eigenvalue weighted by molar-refractivity contribution is 0.205. The molecule has 1 fully saturated rings. The summed E-state index contributed by atoms with van der Waals surface area (Å²) in [6, 6.07) is 25.9. The summed E-state index contributed by atoms with van der Waals surface area (Å²) < 4.78 is 14.6. The Morgan fingerprint density at radius 1 is 0.829 bits per heavy atom. The third-order valence-electron chi connectivity index (χ3n) is 7.43. The largest absolute Gasteiger partial charge is 0.494 e. The Morgan fingerprint density at radius 3 is 2.51 bits per heavy atom. The average molecular weight is 467 g/mol. The molecule has 0 saturated carbocycles. The molecule has 4 heteroatoms. The smallest absolute Gasteiger partial charge is 0.128 e. The summed E-state index contributed by atoms with van der Waals surface area (Å²) in [6.45, 7) is 5.96. The molecule has 0 N–H and O–H groups in total. The summed E-state index contributed by atoms with van der Waals surface area (Å²) in [4.78, 5) is 2.57. The van der Waals surface area contributed by atoms with Crippen molar-refractivity contribution in [3.05, 3.63) is 83.9 Å². The second kappa shape index (κ2) is 10.2. The minimum absolute atomic E-state index is 0.710. The lowest BCUT2D eigenvalue weighted by Gasteiger charge is -2.26. The molecule has 6 rings (SSSR count). The number of rotatable bonds is 7. The first-order valence-corrected chi connectivity index (χ1v) is 13.1. The van der Waals surface area contributed by atoms with Gasteiger partial charge in [-0.05, 0) is 73.8 Å². The zero-order valence-electron chi connectivity index (χ0n) is 20.4. The van der Waals surface area contributed by atoms with Gasteiger partial charge in [0.25, 0.3) is 0 Å². The Labute approximate surface area is 208 Å². The van der Waals surface area contributed by atoms with E-state index in [2.05, 4.69) is 82.3 Å². The molecule has 0 bridgehead atoms. The molecule has 4 aromatic rings. The average Bonchev–Trinajstić information content (AvgIpc) is 3.08. The van der Waals surface area contributed by atoms with Crippen LogP contribution in [-0.4, -0.2) is 42.3 Å². The molecule has 180 valence electrons. The van der Waals surface area contributed by atoms with Gasteiger partial charge in [0.15, 0.2) is 0 Å². The third-order valence-corrected chi connectivity index (χ3v) is 7.43. The topological polar surface area (TPSA) is 26.6 Å². The van der Waals surface area contributed by atoms with Gasteiger partial charge in [0, 0.05) is 36.0 Å². The molecule has 0 atom stereocenters. The highest BCUT2D eigenvalue weighted by atomic mass is 16.5. The van der Waals surface area contributed by atoms with E-state index in [1.807, 2.05) is 0 Å². The summed E-state index contributed by atoms with van der Waals surface area (Å²) >= 11 is 0. The number of para-hydroxylation sites is 2. The van der Waals surface area contributed by atoms with E-state index in [1.165, 1.54) is 65.6 Å². The molecule has 2 aliphatic rings. The summed E-state index contributed by atoms with van der Waals surface area (Å²) in [5.41, 5.74) is 6.42. The maximum atomic E-state index is 6.11. The fourth-order valence-corrected chi connectivity index (χ4v) is 5.69. The van der Waals surface area contributed by atoms with Crippen LogP contribution in [0.1, 0.15) is 36.8 Å². The number of hydrogen-bond acceptors (Lipinski definition) is 3. The number of nitrogens with zero attached hydrogens (tertiary/aromatic N) is 2. The van der Waals surface area contributed by atoms with E-state index in [0.29, 0.717) is 6.61 Å². The molecule has 0 aliphatic carbocycles. The van der Waals surface area contributed by atoms with Gasteiger partial charge in [0.2, 0.25) is 0 Å². The van der Waals surface area contributed by atoms with Crippen LogP contribution in [-0.2, 0) is 13.0 Å². The second-order valence-corrected chi connectivity index (χ2v) is 9.77. The Hall–Kier alpha value is -3.24. The van der Waals surface area contributed by atoms with Gasteiger partial charge >= 0.3 is 0 Å². The van der Waals surface area contributed by atoms with E-state index < -0.39 is 0 Å². The van der Waals surface area contributed by atoms with Crippen LogP contribution in [0.15, 0.2) is 72.8 Å². The lowest BCUT2D eigenvalue weighted by atomic mass is 10.0. The number of fused-ring (bicyclic) bond motifs is 5. The highest BCUT2D eigenvalue weighted by Gasteiger charge is 2.23. The molecule has 0 spiro atoms. The minimum atomic E-state index is 0.710. The van der Waals surface area contributed by atoms with Gasteiger partial charge in [-0.15, -0.1) is 0 Å².